The molecule has 122 valence electrons. The smallest absolute Gasteiger partial charge is 0.188 e. The fraction of sp³-hybridized carbons (Fsp3) is 0.158. The molecular weight excluding hydrogens is 307 g/mol. The van der Waals surface area contributed by atoms with E-state index in [-0.39, 0.29) is 11.6 Å². The maximum absolute atomic E-state index is 12.9. The van der Waals surface area contributed by atoms with E-state index in [4.69, 9.17) is 5.11 Å². The second-order valence-electron chi connectivity index (χ2n) is 5.51. The van der Waals surface area contributed by atoms with Gasteiger partial charge in [0.05, 0.1) is 18.2 Å². The minimum Gasteiger partial charge on any atom is -0.388 e. The highest BCUT2D eigenvalue weighted by Gasteiger charge is 2.08. The van der Waals surface area contributed by atoms with Crippen molar-refractivity contribution >= 4 is 5.78 Å². The minimum atomic E-state index is -0.491. The van der Waals surface area contributed by atoms with Crippen molar-refractivity contribution < 1.29 is 14.3 Å². The molecule has 0 saturated carbocycles. The number of hydrogen-bond acceptors (Lipinski definition) is 3. The van der Waals surface area contributed by atoms with Crippen molar-refractivity contribution in [2.24, 2.45) is 0 Å². The Balaban J connectivity index is 1.75. The summed E-state index contributed by atoms with van der Waals surface area (Å²) in [6.07, 6.45) is 4.30. The lowest BCUT2D eigenvalue weighted by Gasteiger charge is -2.09. The first-order valence-corrected chi connectivity index (χ1v) is 7.66. The molecule has 5 heteroatoms. The number of hydrogen-bond donors (Lipinski definition) is 1. The van der Waals surface area contributed by atoms with Gasteiger partial charge in [-0.2, -0.15) is 0 Å². The van der Waals surface area contributed by atoms with E-state index in [1.165, 1.54) is 12.1 Å². The molecule has 0 aliphatic heterocycles. The van der Waals surface area contributed by atoms with Gasteiger partial charge in [0.25, 0.3) is 0 Å². The predicted octanol–water partition coefficient (Wildman–Crippen LogP) is 3.11. The number of benzene rings is 2. The van der Waals surface area contributed by atoms with E-state index in [0.29, 0.717) is 5.56 Å². The number of aryl methyl sites for hydroxylation is 2. The van der Waals surface area contributed by atoms with E-state index in [9.17, 15) is 9.18 Å². The Morgan fingerprint density at radius 1 is 1.08 bits per heavy atom. The summed E-state index contributed by atoms with van der Waals surface area (Å²) < 4.78 is 15.0. The van der Waals surface area contributed by atoms with Gasteiger partial charge in [-0.1, -0.05) is 36.4 Å². The zero-order chi connectivity index (χ0) is 16.9. The summed E-state index contributed by atoms with van der Waals surface area (Å²) in [5, 5.41) is 8.89. The number of ketones is 1. The number of aromatic nitrogens is 2. The Hall–Kier alpha value is -2.79. The van der Waals surface area contributed by atoms with E-state index in [1.807, 2.05) is 16.7 Å². The number of halogens is 1. The van der Waals surface area contributed by atoms with Crippen LogP contribution in [0.4, 0.5) is 4.39 Å². The van der Waals surface area contributed by atoms with Crippen LogP contribution in [0.1, 0.15) is 15.9 Å². The lowest BCUT2D eigenvalue weighted by atomic mass is 10.1. The van der Waals surface area contributed by atoms with Gasteiger partial charge in [0.15, 0.2) is 5.78 Å². The van der Waals surface area contributed by atoms with Gasteiger partial charge in [-0.3, -0.25) is 4.79 Å². The Morgan fingerprint density at radius 3 is 2.46 bits per heavy atom. The summed E-state index contributed by atoms with van der Waals surface area (Å²) in [6, 6.07) is 13.6. The zero-order valence-electron chi connectivity index (χ0n) is 13.0. The molecule has 4 nitrogen and oxygen atoms in total. The lowest BCUT2D eigenvalue weighted by molar-refractivity contribution is 0.0904. The fourth-order valence-corrected chi connectivity index (χ4v) is 2.56. The molecule has 0 radical (unpaired) electrons. The van der Waals surface area contributed by atoms with Crippen LogP contribution in [0.5, 0.6) is 0 Å². The number of aliphatic hydroxyl groups is 1. The van der Waals surface area contributed by atoms with E-state index < -0.39 is 6.61 Å². The molecule has 0 aliphatic rings. The highest BCUT2D eigenvalue weighted by molar-refractivity contribution is 5.97. The van der Waals surface area contributed by atoms with Crippen LogP contribution < -0.4 is 0 Å². The Morgan fingerprint density at radius 2 is 1.79 bits per heavy atom. The monoisotopic (exact) mass is 324 g/mol. The molecule has 0 unspecified atom stereocenters. The average Bonchev–Trinajstić information content (AvgIpc) is 3.09. The van der Waals surface area contributed by atoms with Crippen LogP contribution in [-0.2, 0) is 13.0 Å². The number of aliphatic hydroxyl groups excluding tert-OH is 1. The summed E-state index contributed by atoms with van der Waals surface area (Å²) >= 11 is 0. The van der Waals surface area contributed by atoms with Crippen LogP contribution in [0.25, 0.3) is 11.3 Å². The summed E-state index contributed by atoms with van der Waals surface area (Å²) in [5.41, 5.74) is 3.43. The molecule has 1 N–H and O–H groups in total. The average molecular weight is 324 g/mol. The second-order valence-corrected chi connectivity index (χ2v) is 5.51. The van der Waals surface area contributed by atoms with Crippen LogP contribution in [0.2, 0.25) is 0 Å². The minimum absolute atomic E-state index is 0.236. The normalized spacial score (nSPS) is 10.8. The van der Waals surface area contributed by atoms with Gasteiger partial charge in [-0.25, -0.2) is 9.37 Å². The predicted molar refractivity (Wildman–Crippen MR) is 89.2 cm³/mol. The molecule has 2 aromatic carbocycles. The van der Waals surface area contributed by atoms with Crippen LogP contribution in [0.15, 0.2) is 61.1 Å². The van der Waals surface area contributed by atoms with E-state index >= 15 is 0 Å². The number of imidazole rings is 1. The molecule has 0 amide bonds. The number of rotatable bonds is 6. The van der Waals surface area contributed by atoms with E-state index in [1.54, 1.807) is 36.8 Å². The van der Waals surface area contributed by atoms with Crippen molar-refractivity contribution in [1.82, 2.24) is 9.55 Å². The summed E-state index contributed by atoms with van der Waals surface area (Å²) in [4.78, 5) is 15.7. The largest absolute Gasteiger partial charge is 0.388 e. The maximum atomic E-state index is 12.9. The molecule has 1 heterocycles. The summed E-state index contributed by atoms with van der Waals surface area (Å²) in [5.74, 6) is -0.536. The molecule has 0 fully saturated rings. The molecular formula is C19H17FN2O2. The molecule has 3 aromatic rings. The molecule has 0 spiro atoms. The van der Waals surface area contributed by atoms with Gasteiger partial charge in [0.1, 0.15) is 12.4 Å². The molecule has 0 bridgehead atoms. The van der Waals surface area contributed by atoms with E-state index in [0.717, 1.165) is 29.8 Å². The van der Waals surface area contributed by atoms with Crippen molar-refractivity contribution in [3.63, 3.8) is 0 Å². The number of carbonyl (C=O) groups excluding carboxylic acids is 1. The quantitative estimate of drug-likeness (QED) is 0.709. The molecule has 24 heavy (non-hydrogen) atoms. The van der Waals surface area contributed by atoms with Crippen LogP contribution in [0, 0.1) is 5.82 Å². The standard InChI is InChI=1S/C19H17FN2O2/c20-17-7-1-14(2-8-17)9-10-22-13-21-11-18(22)15-3-5-16(6-4-15)19(24)12-23/h1-8,11,13,23H,9-10,12H2. The van der Waals surface area contributed by atoms with Gasteiger partial charge in [0.2, 0.25) is 0 Å². The van der Waals surface area contributed by atoms with Crippen molar-refractivity contribution in [2.45, 2.75) is 13.0 Å². The number of Topliss-reactive ketones (excluding diaryl/α,β-unsaturated/α-hetero) is 1. The Bertz CT molecular complexity index is 823. The van der Waals surface area contributed by atoms with Gasteiger partial charge in [-0.15, -0.1) is 0 Å². The molecule has 0 saturated heterocycles. The topological polar surface area (TPSA) is 55.1 Å². The number of carbonyl (C=O) groups is 1. The second kappa shape index (κ2) is 7.19. The van der Waals surface area contributed by atoms with Gasteiger partial charge in [-0.05, 0) is 29.7 Å². The Kier molecular flexibility index (Phi) is 4.82. The van der Waals surface area contributed by atoms with Gasteiger partial charge >= 0.3 is 0 Å². The molecule has 3 rings (SSSR count). The van der Waals surface area contributed by atoms with Crippen molar-refractivity contribution in [2.75, 3.05) is 6.61 Å². The zero-order valence-corrected chi connectivity index (χ0v) is 13.0. The fourth-order valence-electron chi connectivity index (χ4n) is 2.56. The summed E-state index contributed by atoms with van der Waals surface area (Å²) in [6.45, 7) is 0.229. The van der Waals surface area contributed by atoms with Gasteiger partial charge < -0.3 is 9.67 Å². The highest BCUT2D eigenvalue weighted by atomic mass is 19.1. The van der Waals surface area contributed by atoms with Crippen molar-refractivity contribution in [3.8, 4) is 11.3 Å². The molecule has 0 atom stereocenters. The SMILES string of the molecule is O=C(CO)c1ccc(-c2cncn2CCc2ccc(F)cc2)cc1. The van der Waals surface area contributed by atoms with Gasteiger partial charge in [0, 0.05) is 12.1 Å². The third-order valence-electron chi connectivity index (χ3n) is 3.91. The third-order valence-corrected chi connectivity index (χ3v) is 3.91. The summed E-state index contributed by atoms with van der Waals surface area (Å²) in [7, 11) is 0. The lowest BCUT2D eigenvalue weighted by Crippen LogP contribution is -2.04. The van der Waals surface area contributed by atoms with Crippen LogP contribution >= 0.6 is 0 Å². The maximum Gasteiger partial charge on any atom is 0.188 e. The van der Waals surface area contributed by atoms with Crippen molar-refractivity contribution in [3.05, 3.63) is 78.0 Å². The highest BCUT2D eigenvalue weighted by Crippen LogP contribution is 2.20. The first-order valence-electron chi connectivity index (χ1n) is 7.66. The third kappa shape index (κ3) is 3.58. The number of nitrogens with zero attached hydrogens (tertiary/aromatic N) is 2. The van der Waals surface area contributed by atoms with Crippen LogP contribution in [0.3, 0.4) is 0 Å². The van der Waals surface area contributed by atoms with E-state index in [2.05, 4.69) is 4.98 Å². The Labute approximate surface area is 139 Å². The first kappa shape index (κ1) is 16.1. The van der Waals surface area contributed by atoms with Crippen molar-refractivity contribution in [1.29, 1.82) is 0 Å². The first-order chi connectivity index (χ1) is 11.7. The molecule has 0 aliphatic carbocycles. The van der Waals surface area contributed by atoms with Crippen LogP contribution in [-0.4, -0.2) is 27.0 Å². The molecule has 1 aromatic heterocycles.